The van der Waals surface area contributed by atoms with Crippen LogP contribution < -0.4 is 20.7 Å². The van der Waals surface area contributed by atoms with Crippen molar-refractivity contribution in [3.8, 4) is 28.3 Å². The van der Waals surface area contributed by atoms with Crippen LogP contribution in [0.2, 0.25) is 0 Å². The second kappa shape index (κ2) is 14.1. The van der Waals surface area contributed by atoms with Crippen LogP contribution in [0.1, 0.15) is 50.7 Å². The largest absolute Gasteiger partial charge is 0.299 e. The summed E-state index contributed by atoms with van der Waals surface area (Å²) in [7, 11) is -2.89. The number of nitrogens with zero attached hydrogens (tertiary/aromatic N) is 3. The number of fused-ring (bicyclic) bond motifs is 1. The van der Waals surface area contributed by atoms with Crippen LogP contribution in [0.15, 0.2) is 176 Å². The lowest BCUT2D eigenvalue weighted by atomic mass is 9.92. The van der Waals surface area contributed by atoms with E-state index in [0.29, 0.717) is 11.8 Å². The maximum atomic E-state index is 5.06. The molecular formula is C48H43N3Si. The molecule has 0 amide bonds. The molecule has 2 heterocycles. The first-order valence-electron chi connectivity index (χ1n) is 18.3. The summed E-state index contributed by atoms with van der Waals surface area (Å²) >= 11 is 0. The molecule has 3 nitrogen and oxygen atoms in total. The van der Waals surface area contributed by atoms with E-state index in [1.165, 1.54) is 42.9 Å². The van der Waals surface area contributed by atoms with E-state index in [2.05, 4.69) is 196 Å². The minimum Gasteiger partial charge on any atom is -0.299 e. The zero-order valence-electron chi connectivity index (χ0n) is 30.2. The summed E-state index contributed by atoms with van der Waals surface area (Å²) < 4.78 is 2.32. The Balaban J connectivity index is 1.39. The molecule has 6 aromatic carbocycles. The number of pyridine rings is 1. The number of hydrogen-bond acceptors (Lipinski definition) is 2. The molecule has 8 aromatic rings. The summed E-state index contributed by atoms with van der Waals surface area (Å²) in [5, 5.41) is 7.63. The van der Waals surface area contributed by atoms with Crippen LogP contribution in [0.4, 0.5) is 0 Å². The Kier molecular flexibility index (Phi) is 9.00. The minimum atomic E-state index is -2.89. The summed E-state index contributed by atoms with van der Waals surface area (Å²) in [5.41, 5.74) is 7.14. The molecular weight excluding hydrogens is 647 g/mol. The van der Waals surface area contributed by atoms with E-state index in [1.807, 2.05) is 12.4 Å². The quantitative estimate of drug-likeness (QED) is 0.112. The second-order valence-electron chi connectivity index (χ2n) is 14.2. The Morgan fingerprint density at radius 2 is 1.02 bits per heavy atom. The highest BCUT2D eigenvalue weighted by Crippen LogP contribution is 2.34. The third-order valence-corrected chi connectivity index (χ3v) is 15.2. The van der Waals surface area contributed by atoms with Gasteiger partial charge in [0.25, 0.3) is 0 Å². The lowest BCUT2D eigenvalue weighted by Gasteiger charge is -2.35. The Morgan fingerprint density at radius 1 is 0.481 bits per heavy atom. The molecule has 0 aliphatic heterocycles. The summed E-state index contributed by atoms with van der Waals surface area (Å²) in [5.74, 6) is 1.69. The van der Waals surface area contributed by atoms with Crippen molar-refractivity contribution in [1.29, 1.82) is 0 Å². The van der Waals surface area contributed by atoms with E-state index < -0.39 is 8.07 Å². The lowest BCUT2D eigenvalue weighted by molar-refractivity contribution is 0.807. The fourth-order valence-corrected chi connectivity index (χ4v) is 12.8. The third-order valence-electron chi connectivity index (χ3n) is 10.4. The zero-order chi connectivity index (χ0) is 35.7. The van der Waals surface area contributed by atoms with Crippen LogP contribution in [0, 0.1) is 0 Å². The normalized spacial score (nSPS) is 11.8. The molecule has 52 heavy (non-hydrogen) atoms. The number of benzene rings is 6. The van der Waals surface area contributed by atoms with E-state index in [-0.39, 0.29) is 0 Å². The zero-order valence-corrected chi connectivity index (χ0v) is 31.2. The van der Waals surface area contributed by atoms with Crippen molar-refractivity contribution >= 4 is 39.6 Å². The molecule has 0 unspecified atom stereocenters. The van der Waals surface area contributed by atoms with E-state index >= 15 is 0 Å². The van der Waals surface area contributed by atoms with Crippen molar-refractivity contribution in [2.75, 3.05) is 0 Å². The molecule has 8 rings (SSSR count). The number of imidazole rings is 1. The highest BCUT2D eigenvalue weighted by atomic mass is 28.3. The van der Waals surface area contributed by atoms with Crippen molar-refractivity contribution in [1.82, 2.24) is 14.5 Å². The third kappa shape index (κ3) is 5.79. The fraction of sp³-hybridized carbons (Fsp3) is 0.125. The Labute approximate surface area is 308 Å². The van der Waals surface area contributed by atoms with Crippen LogP contribution in [0.5, 0.6) is 0 Å². The van der Waals surface area contributed by atoms with Crippen LogP contribution in [0.25, 0.3) is 39.1 Å². The first-order chi connectivity index (χ1) is 25.5. The Morgan fingerprint density at radius 3 is 1.65 bits per heavy atom. The predicted molar refractivity (Wildman–Crippen MR) is 222 cm³/mol. The van der Waals surface area contributed by atoms with Crippen LogP contribution in [-0.2, 0) is 0 Å². The molecule has 0 bridgehead atoms. The van der Waals surface area contributed by atoms with E-state index in [0.717, 1.165) is 28.0 Å². The molecule has 0 saturated heterocycles. The Hall–Kier alpha value is -5.84. The minimum absolute atomic E-state index is 0.370. The van der Waals surface area contributed by atoms with Crippen molar-refractivity contribution in [3.05, 3.63) is 187 Å². The van der Waals surface area contributed by atoms with Crippen molar-refractivity contribution in [3.63, 3.8) is 0 Å². The lowest BCUT2D eigenvalue weighted by Crippen LogP contribution is -2.74. The van der Waals surface area contributed by atoms with Gasteiger partial charge in [0, 0.05) is 35.1 Å². The monoisotopic (exact) mass is 689 g/mol. The smallest absolute Gasteiger partial charge is 0.179 e. The number of hydrogen-bond donors (Lipinski definition) is 0. The van der Waals surface area contributed by atoms with Gasteiger partial charge in [-0.25, -0.2) is 4.98 Å². The molecule has 4 heteroatoms. The molecule has 0 N–H and O–H groups in total. The molecule has 0 saturated carbocycles. The van der Waals surface area contributed by atoms with Gasteiger partial charge in [0.1, 0.15) is 5.82 Å². The van der Waals surface area contributed by atoms with Gasteiger partial charge in [0.2, 0.25) is 0 Å². The number of para-hydroxylation sites is 1. The van der Waals surface area contributed by atoms with Crippen LogP contribution in [0.3, 0.4) is 0 Å². The first-order valence-corrected chi connectivity index (χ1v) is 20.3. The van der Waals surface area contributed by atoms with E-state index in [4.69, 9.17) is 9.97 Å². The predicted octanol–water partition coefficient (Wildman–Crippen LogP) is 9.38. The summed E-state index contributed by atoms with van der Waals surface area (Å²) in [6.07, 6.45) is 6.01. The SMILES string of the molecule is CC(C)c1cccc(C(C)C)c1-n1ccnc1-c1cccc([Si](c2ccccc2)(c2ccccc2)c2cccc(-c3nccc4ccccc34)c2)c1. The van der Waals surface area contributed by atoms with Gasteiger partial charge in [-0.1, -0.05) is 179 Å². The summed E-state index contributed by atoms with van der Waals surface area (Å²) in [6.45, 7) is 9.12. The van der Waals surface area contributed by atoms with E-state index in [1.54, 1.807) is 0 Å². The Bertz CT molecular complexity index is 2410. The molecule has 0 spiro atoms. The van der Waals surface area contributed by atoms with Gasteiger partial charge >= 0.3 is 0 Å². The number of rotatable bonds is 9. The fourth-order valence-electron chi connectivity index (χ4n) is 8.00. The first kappa shape index (κ1) is 33.3. The molecule has 0 radical (unpaired) electrons. The topological polar surface area (TPSA) is 30.7 Å². The molecule has 0 atom stereocenters. The number of aromatic nitrogens is 3. The molecule has 0 fully saturated rings. The highest BCUT2D eigenvalue weighted by molar-refractivity contribution is 7.20. The average molecular weight is 690 g/mol. The van der Waals surface area contributed by atoms with Crippen molar-refractivity contribution in [2.24, 2.45) is 0 Å². The summed E-state index contributed by atoms with van der Waals surface area (Å²) in [4.78, 5) is 10.0. The average Bonchev–Trinajstić information content (AvgIpc) is 3.69. The summed E-state index contributed by atoms with van der Waals surface area (Å²) in [6, 6.07) is 58.0. The molecule has 0 aliphatic carbocycles. The van der Waals surface area contributed by atoms with Crippen molar-refractivity contribution < 1.29 is 0 Å². The standard InChI is InChI=1S/C48H43N3Si/c1-34(2)43-26-15-27-44(35(3)4)47(43)51-31-30-50-48(51)38-18-14-24-42(33-38)52(39-19-7-5-8-20-39,40-21-9-6-10-22-40)41-23-13-17-37(32-41)46-45-25-12-11-16-36(45)28-29-49-46/h5-35H,1-4H3. The molecule has 0 aliphatic rings. The van der Waals surface area contributed by atoms with Crippen LogP contribution >= 0.6 is 0 Å². The maximum Gasteiger partial charge on any atom is 0.179 e. The van der Waals surface area contributed by atoms with Gasteiger partial charge in [0.15, 0.2) is 8.07 Å². The van der Waals surface area contributed by atoms with Gasteiger partial charge < -0.3 is 0 Å². The van der Waals surface area contributed by atoms with Crippen molar-refractivity contribution in [2.45, 2.75) is 39.5 Å². The molecule has 254 valence electrons. The molecule has 2 aromatic heterocycles. The van der Waals surface area contributed by atoms with Crippen LogP contribution in [-0.4, -0.2) is 22.6 Å². The van der Waals surface area contributed by atoms with Gasteiger partial charge in [-0.05, 0) is 55.2 Å². The highest BCUT2D eigenvalue weighted by Gasteiger charge is 2.42. The second-order valence-corrected chi connectivity index (χ2v) is 18.0. The van der Waals surface area contributed by atoms with Gasteiger partial charge in [-0.2, -0.15) is 0 Å². The van der Waals surface area contributed by atoms with Gasteiger partial charge in [0.05, 0.1) is 11.4 Å². The maximum absolute atomic E-state index is 5.06. The van der Waals surface area contributed by atoms with Gasteiger partial charge in [-0.15, -0.1) is 0 Å². The van der Waals surface area contributed by atoms with Gasteiger partial charge in [-0.3, -0.25) is 9.55 Å². The van der Waals surface area contributed by atoms with E-state index in [9.17, 15) is 0 Å².